The van der Waals surface area contributed by atoms with Gasteiger partial charge in [-0.2, -0.15) is 0 Å². The molecular weight excluding hydrogens is 471 g/mol. The second-order valence-electron chi connectivity index (χ2n) is 6.41. The molecule has 1 amide bonds. The van der Waals surface area contributed by atoms with Gasteiger partial charge in [0.25, 0.3) is 0 Å². The fourth-order valence-electron chi connectivity index (χ4n) is 3.05. The summed E-state index contributed by atoms with van der Waals surface area (Å²) in [5.41, 5.74) is 3.87. The van der Waals surface area contributed by atoms with E-state index in [-0.39, 0.29) is 36.4 Å². The Bertz CT molecular complexity index is 790. The van der Waals surface area contributed by atoms with E-state index in [1.165, 1.54) is 21.6 Å². The third-order valence-corrected chi connectivity index (χ3v) is 5.61. The molecule has 0 unspecified atom stereocenters. The third-order valence-electron chi connectivity index (χ3n) is 4.58. The highest BCUT2D eigenvalue weighted by atomic mass is 127. The van der Waals surface area contributed by atoms with Gasteiger partial charge in [-0.05, 0) is 48.4 Å². The molecule has 2 aromatic rings. The number of fused-ring (bicyclic) bond motifs is 1. The zero-order chi connectivity index (χ0) is 18.4. The molecule has 1 aromatic heterocycles. The van der Waals surface area contributed by atoms with Crippen LogP contribution in [-0.4, -0.2) is 36.4 Å². The monoisotopic (exact) mass is 498 g/mol. The Morgan fingerprint density at radius 2 is 2.00 bits per heavy atom. The molecule has 0 spiro atoms. The Hall–Kier alpha value is -1.61. The molecule has 0 atom stereocenters. The molecule has 1 aliphatic rings. The normalized spacial score (nSPS) is 13.6. The van der Waals surface area contributed by atoms with E-state index in [1.807, 2.05) is 17.9 Å². The van der Waals surface area contributed by atoms with Gasteiger partial charge in [0.15, 0.2) is 5.96 Å². The van der Waals surface area contributed by atoms with Gasteiger partial charge in [0, 0.05) is 24.5 Å². The van der Waals surface area contributed by atoms with Crippen LogP contribution in [0.15, 0.2) is 40.7 Å². The number of carbonyl (C=O) groups excluding carboxylic acids is 1. The van der Waals surface area contributed by atoms with Crippen molar-refractivity contribution in [1.29, 1.82) is 0 Å². The lowest BCUT2D eigenvalue weighted by molar-refractivity contribution is -0.130. The molecule has 2 N–H and O–H groups in total. The molecular formula is C20H27IN4OS. The lowest BCUT2D eigenvalue weighted by Crippen LogP contribution is -2.40. The van der Waals surface area contributed by atoms with E-state index in [0.29, 0.717) is 12.5 Å². The first kappa shape index (κ1) is 21.7. The Balaban J connectivity index is 0.00000261. The molecule has 0 radical (unpaired) electrons. The van der Waals surface area contributed by atoms with Crippen molar-refractivity contribution in [3.8, 4) is 0 Å². The Morgan fingerprint density at radius 1 is 1.22 bits per heavy atom. The third kappa shape index (κ3) is 5.93. The number of thiophene rings is 1. The van der Waals surface area contributed by atoms with Crippen LogP contribution in [0, 0.1) is 6.92 Å². The summed E-state index contributed by atoms with van der Waals surface area (Å²) in [6.45, 7) is 7.24. The van der Waals surface area contributed by atoms with Crippen LogP contribution in [0.4, 0.5) is 0 Å². The maximum absolute atomic E-state index is 12.6. The number of aliphatic imine (C=N–C) groups is 1. The number of carbonyl (C=O) groups is 1. The summed E-state index contributed by atoms with van der Waals surface area (Å²) in [5, 5.41) is 8.62. The van der Waals surface area contributed by atoms with Crippen LogP contribution in [0.1, 0.15) is 28.5 Å². The van der Waals surface area contributed by atoms with Gasteiger partial charge in [0.1, 0.15) is 6.54 Å². The number of hydrogen-bond donors (Lipinski definition) is 2. The van der Waals surface area contributed by atoms with Crippen LogP contribution in [0.5, 0.6) is 0 Å². The van der Waals surface area contributed by atoms with E-state index in [0.717, 1.165) is 26.1 Å². The van der Waals surface area contributed by atoms with Crippen LogP contribution in [0.2, 0.25) is 0 Å². The molecule has 0 saturated carbocycles. The Kier molecular flexibility index (Phi) is 8.56. The van der Waals surface area contributed by atoms with Gasteiger partial charge in [-0.25, -0.2) is 4.99 Å². The number of rotatable bonds is 5. The van der Waals surface area contributed by atoms with Crippen molar-refractivity contribution >= 4 is 47.2 Å². The second-order valence-corrected chi connectivity index (χ2v) is 7.41. The van der Waals surface area contributed by atoms with Crippen molar-refractivity contribution in [3.63, 3.8) is 0 Å². The molecule has 0 bridgehead atoms. The first-order chi connectivity index (χ1) is 12.7. The van der Waals surface area contributed by atoms with Gasteiger partial charge in [-0.1, -0.05) is 24.3 Å². The highest BCUT2D eigenvalue weighted by Crippen LogP contribution is 2.18. The molecule has 0 fully saturated rings. The van der Waals surface area contributed by atoms with Crippen LogP contribution in [-0.2, 0) is 24.3 Å². The fraction of sp³-hybridized carbons (Fsp3) is 0.400. The predicted molar refractivity (Wildman–Crippen MR) is 123 cm³/mol. The quantitative estimate of drug-likeness (QED) is 0.378. The second kappa shape index (κ2) is 10.7. The number of nitrogens with one attached hydrogen (secondary N) is 2. The van der Waals surface area contributed by atoms with Crippen molar-refractivity contribution in [1.82, 2.24) is 15.5 Å². The molecule has 2 heterocycles. The Labute approximate surface area is 182 Å². The highest BCUT2D eigenvalue weighted by Gasteiger charge is 2.20. The number of hydrogen-bond acceptors (Lipinski definition) is 3. The fourth-order valence-corrected chi connectivity index (χ4v) is 3.89. The molecule has 1 aromatic carbocycles. The minimum absolute atomic E-state index is 0. The van der Waals surface area contributed by atoms with Gasteiger partial charge < -0.3 is 15.5 Å². The van der Waals surface area contributed by atoms with E-state index in [9.17, 15) is 4.79 Å². The lowest BCUT2D eigenvalue weighted by atomic mass is 10.00. The van der Waals surface area contributed by atoms with Crippen LogP contribution >= 0.6 is 35.3 Å². The molecule has 1 aliphatic heterocycles. The van der Waals surface area contributed by atoms with E-state index >= 15 is 0 Å². The van der Waals surface area contributed by atoms with E-state index < -0.39 is 0 Å². The summed E-state index contributed by atoms with van der Waals surface area (Å²) in [4.78, 5) is 20.2. The summed E-state index contributed by atoms with van der Waals surface area (Å²) < 4.78 is 0. The maximum atomic E-state index is 12.6. The average Bonchev–Trinajstić information content (AvgIpc) is 3.08. The summed E-state index contributed by atoms with van der Waals surface area (Å²) in [6, 6.07) is 10.5. The summed E-state index contributed by atoms with van der Waals surface area (Å²) in [7, 11) is 0. The van der Waals surface area contributed by atoms with Crippen LogP contribution in [0.3, 0.4) is 0 Å². The highest BCUT2D eigenvalue weighted by molar-refractivity contribution is 14.0. The van der Waals surface area contributed by atoms with Crippen LogP contribution in [0.25, 0.3) is 0 Å². The standard InChI is InChI=1S/C20H26N4OS.HI/c1-3-21-20(22-12-18-15(2)9-11-26-18)23-13-19(25)24-10-8-16-6-4-5-7-17(16)14-24;/h4-7,9,11H,3,8,10,12-14H2,1-2H3,(H2,21,22,23);1H. The number of halogens is 1. The van der Waals surface area contributed by atoms with Crippen molar-refractivity contribution in [2.75, 3.05) is 19.6 Å². The van der Waals surface area contributed by atoms with Gasteiger partial charge in [0.05, 0.1) is 6.54 Å². The molecule has 0 aliphatic carbocycles. The molecule has 7 heteroatoms. The van der Waals surface area contributed by atoms with Gasteiger partial charge in [0.2, 0.25) is 5.91 Å². The van der Waals surface area contributed by atoms with Gasteiger partial charge in [-0.15, -0.1) is 35.3 Å². The Morgan fingerprint density at radius 3 is 2.70 bits per heavy atom. The number of amides is 1. The molecule has 0 saturated heterocycles. The van der Waals surface area contributed by atoms with E-state index in [2.05, 4.69) is 52.2 Å². The molecule has 146 valence electrons. The molecule has 3 rings (SSSR count). The van der Waals surface area contributed by atoms with Crippen molar-refractivity contribution < 1.29 is 4.79 Å². The van der Waals surface area contributed by atoms with Crippen molar-refractivity contribution in [3.05, 3.63) is 57.3 Å². The SMILES string of the molecule is CCNC(=NCC(=O)N1CCc2ccccc2C1)NCc1sccc1C.I. The minimum atomic E-state index is 0. The summed E-state index contributed by atoms with van der Waals surface area (Å²) >= 11 is 1.73. The van der Waals surface area contributed by atoms with Gasteiger partial charge in [-0.3, -0.25) is 4.79 Å². The topological polar surface area (TPSA) is 56.7 Å². The zero-order valence-electron chi connectivity index (χ0n) is 15.8. The molecule has 27 heavy (non-hydrogen) atoms. The number of guanidine groups is 1. The largest absolute Gasteiger partial charge is 0.357 e. The summed E-state index contributed by atoms with van der Waals surface area (Å²) in [5.74, 6) is 0.759. The van der Waals surface area contributed by atoms with E-state index in [1.54, 1.807) is 11.3 Å². The number of aryl methyl sites for hydroxylation is 1. The van der Waals surface area contributed by atoms with Gasteiger partial charge >= 0.3 is 0 Å². The van der Waals surface area contributed by atoms with E-state index in [4.69, 9.17) is 0 Å². The summed E-state index contributed by atoms with van der Waals surface area (Å²) in [6.07, 6.45) is 0.918. The predicted octanol–water partition coefficient (Wildman–Crippen LogP) is 3.31. The smallest absolute Gasteiger partial charge is 0.244 e. The number of benzene rings is 1. The van der Waals surface area contributed by atoms with Crippen molar-refractivity contribution in [2.45, 2.75) is 33.4 Å². The lowest BCUT2D eigenvalue weighted by Gasteiger charge is -2.28. The molecule has 5 nitrogen and oxygen atoms in total. The van der Waals surface area contributed by atoms with Crippen LogP contribution < -0.4 is 10.6 Å². The first-order valence-electron chi connectivity index (χ1n) is 9.07. The zero-order valence-corrected chi connectivity index (χ0v) is 19.0. The average molecular weight is 498 g/mol. The van der Waals surface area contributed by atoms with Crippen molar-refractivity contribution in [2.24, 2.45) is 4.99 Å². The minimum Gasteiger partial charge on any atom is -0.357 e. The maximum Gasteiger partial charge on any atom is 0.244 e. The first-order valence-corrected chi connectivity index (χ1v) is 9.95. The number of nitrogens with zero attached hydrogens (tertiary/aromatic N) is 2.